The van der Waals surface area contributed by atoms with Gasteiger partial charge in [-0.25, -0.2) is 0 Å². The van der Waals surface area contributed by atoms with Crippen molar-refractivity contribution in [3.8, 4) is 11.5 Å². The highest BCUT2D eigenvalue weighted by Gasteiger charge is 2.19. The summed E-state index contributed by atoms with van der Waals surface area (Å²) < 4.78 is 11.0. The summed E-state index contributed by atoms with van der Waals surface area (Å²) in [5.41, 5.74) is 1.69. The highest BCUT2D eigenvalue weighted by molar-refractivity contribution is 6.32. The van der Waals surface area contributed by atoms with Gasteiger partial charge in [-0.2, -0.15) is 0 Å². The van der Waals surface area contributed by atoms with Crippen LogP contribution in [-0.4, -0.2) is 31.1 Å². The molecule has 2 aromatic carbocycles. The van der Waals surface area contributed by atoms with E-state index in [9.17, 15) is 9.59 Å². The monoisotopic (exact) mass is 388 g/mol. The summed E-state index contributed by atoms with van der Waals surface area (Å²) in [5, 5.41) is 5.91. The number of hydrogen-bond acceptors (Lipinski definition) is 4. The van der Waals surface area contributed by atoms with Gasteiger partial charge in [0.05, 0.1) is 11.4 Å². The molecule has 1 aliphatic heterocycles. The molecule has 0 bridgehead atoms. The van der Waals surface area contributed by atoms with Gasteiger partial charge in [0.2, 0.25) is 11.8 Å². The van der Waals surface area contributed by atoms with E-state index in [1.54, 1.807) is 19.1 Å². The molecule has 0 fully saturated rings. The number of amides is 2. The zero-order valence-corrected chi connectivity index (χ0v) is 15.7. The van der Waals surface area contributed by atoms with Gasteiger partial charge in [0.1, 0.15) is 19.3 Å². The first-order chi connectivity index (χ1) is 13.0. The maximum atomic E-state index is 12.3. The third-order valence-electron chi connectivity index (χ3n) is 4.10. The van der Waals surface area contributed by atoms with Gasteiger partial charge in [-0.3, -0.25) is 9.59 Å². The molecule has 1 atom stereocenters. The Labute approximate surface area is 162 Å². The molecule has 2 amide bonds. The summed E-state index contributed by atoms with van der Waals surface area (Å²) in [4.78, 5) is 24.4. The Balaban J connectivity index is 1.52. The molecule has 27 heavy (non-hydrogen) atoms. The van der Waals surface area contributed by atoms with Crippen molar-refractivity contribution in [2.75, 3.05) is 13.2 Å². The molecule has 1 aliphatic rings. The molecular formula is C20H21ClN2O4. The van der Waals surface area contributed by atoms with Gasteiger partial charge in [-0.1, -0.05) is 41.9 Å². The van der Waals surface area contributed by atoms with Gasteiger partial charge in [0, 0.05) is 6.54 Å². The summed E-state index contributed by atoms with van der Waals surface area (Å²) in [6, 6.07) is 12.3. The van der Waals surface area contributed by atoms with Crippen molar-refractivity contribution >= 4 is 23.4 Å². The molecule has 0 spiro atoms. The first-order valence-electron chi connectivity index (χ1n) is 8.72. The molecule has 6 nitrogen and oxygen atoms in total. The third-order valence-corrected chi connectivity index (χ3v) is 4.38. The van der Waals surface area contributed by atoms with Gasteiger partial charge in [-0.15, -0.1) is 0 Å². The molecule has 0 radical (unpaired) electrons. The minimum atomic E-state index is -0.645. The maximum absolute atomic E-state index is 12.3. The molecule has 7 heteroatoms. The molecule has 2 N–H and O–H groups in total. The Morgan fingerprint density at radius 1 is 1.11 bits per heavy atom. The Morgan fingerprint density at radius 2 is 1.85 bits per heavy atom. The van der Waals surface area contributed by atoms with Crippen LogP contribution in [0.25, 0.3) is 0 Å². The number of carbonyl (C=O) groups is 2. The van der Waals surface area contributed by atoms with Crippen LogP contribution in [0.4, 0.5) is 0 Å². The highest BCUT2D eigenvalue weighted by Crippen LogP contribution is 2.38. The largest absolute Gasteiger partial charge is 0.486 e. The molecule has 0 saturated heterocycles. The summed E-state index contributed by atoms with van der Waals surface area (Å²) in [6.45, 7) is 2.95. The Hall–Kier alpha value is -2.73. The van der Waals surface area contributed by atoms with Crippen LogP contribution >= 0.6 is 11.6 Å². The van der Waals surface area contributed by atoms with Crippen molar-refractivity contribution in [3.05, 3.63) is 58.6 Å². The smallest absolute Gasteiger partial charge is 0.242 e. The third kappa shape index (κ3) is 5.14. The standard InChI is InChI=1S/C20H21ClN2O4/c1-13(20(25)22-12-14-5-3-2-4-6-14)23-18(24)11-15-9-16(21)19-17(10-15)26-7-8-27-19/h2-6,9-10,13H,7-8,11-12H2,1H3,(H,22,25)(H,23,24). The van der Waals surface area contributed by atoms with Crippen molar-refractivity contribution in [1.29, 1.82) is 0 Å². The lowest BCUT2D eigenvalue weighted by molar-refractivity contribution is -0.128. The predicted molar refractivity (Wildman–Crippen MR) is 102 cm³/mol. The van der Waals surface area contributed by atoms with Crippen molar-refractivity contribution in [3.63, 3.8) is 0 Å². The second kappa shape index (κ2) is 8.77. The molecule has 2 aromatic rings. The second-order valence-electron chi connectivity index (χ2n) is 6.27. The molecule has 0 saturated carbocycles. The van der Waals surface area contributed by atoms with E-state index in [0.29, 0.717) is 41.8 Å². The zero-order chi connectivity index (χ0) is 19.2. The second-order valence-corrected chi connectivity index (χ2v) is 6.68. The van der Waals surface area contributed by atoms with Crippen LogP contribution in [0.2, 0.25) is 5.02 Å². The van der Waals surface area contributed by atoms with Gasteiger partial charge >= 0.3 is 0 Å². The minimum absolute atomic E-state index is 0.0899. The first kappa shape index (κ1) is 19.0. The van der Waals surface area contributed by atoms with E-state index in [1.807, 2.05) is 30.3 Å². The summed E-state index contributed by atoms with van der Waals surface area (Å²) >= 11 is 6.19. The number of carbonyl (C=O) groups excluding carboxylic acids is 2. The topological polar surface area (TPSA) is 76.7 Å². The van der Waals surface area contributed by atoms with E-state index in [2.05, 4.69) is 10.6 Å². The van der Waals surface area contributed by atoms with Crippen LogP contribution in [0.1, 0.15) is 18.1 Å². The Morgan fingerprint density at radius 3 is 2.63 bits per heavy atom. The number of halogens is 1. The molecule has 0 aromatic heterocycles. The van der Waals surface area contributed by atoms with E-state index >= 15 is 0 Å². The fraction of sp³-hybridized carbons (Fsp3) is 0.300. The SMILES string of the molecule is CC(NC(=O)Cc1cc(Cl)c2c(c1)OCCO2)C(=O)NCc1ccccc1. The lowest BCUT2D eigenvalue weighted by Crippen LogP contribution is -2.45. The van der Waals surface area contributed by atoms with Crippen molar-refractivity contribution in [2.24, 2.45) is 0 Å². The lowest BCUT2D eigenvalue weighted by atomic mass is 10.1. The molecule has 3 rings (SSSR count). The fourth-order valence-corrected chi connectivity index (χ4v) is 3.04. The number of fused-ring (bicyclic) bond motifs is 1. The summed E-state index contributed by atoms with van der Waals surface area (Å²) in [5.74, 6) is 0.517. The Bertz CT molecular complexity index is 826. The molecule has 142 valence electrons. The molecule has 1 unspecified atom stereocenters. The average Bonchev–Trinajstić information content (AvgIpc) is 2.66. The lowest BCUT2D eigenvalue weighted by Gasteiger charge is -2.20. The number of hydrogen-bond donors (Lipinski definition) is 2. The van der Waals surface area contributed by atoms with E-state index in [-0.39, 0.29) is 18.2 Å². The number of ether oxygens (including phenoxy) is 2. The first-order valence-corrected chi connectivity index (χ1v) is 9.10. The molecular weight excluding hydrogens is 368 g/mol. The van der Waals surface area contributed by atoms with Crippen LogP contribution in [0.5, 0.6) is 11.5 Å². The van der Waals surface area contributed by atoms with Crippen molar-refractivity contribution in [2.45, 2.75) is 25.9 Å². The molecule has 0 aliphatic carbocycles. The van der Waals surface area contributed by atoms with Gasteiger partial charge < -0.3 is 20.1 Å². The highest BCUT2D eigenvalue weighted by atomic mass is 35.5. The van der Waals surface area contributed by atoms with Gasteiger partial charge in [0.25, 0.3) is 0 Å². The number of rotatable bonds is 6. The number of benzene rings is 2. The quantitative estimate of drug-likeness (QED) is 0.797. The fourth-order valence-electron chi connectivity index (χ4n) is 2.75. The maximum Gasteiger partial charge on any atom is 0.242 e. The van der Waals surface area contributed by atoms with E-state index in [1.165, 1.54) is 0 Å². The van der Waals surface area contributed by atoms with Crippen LogP contribution in [0.15, 0.2) is 42.5 Å². The van der Waals surface area contributed by atoms with Crippen molar-refractivity contribution < 1.29 is 19.1 Å². The van der Waals surface area contributed by atoms with Gasteiger partial charge in [-0.05, 0) is 30.2 Å². The van der Waals surface area contributed by atoms with E-state index in [0.717, 1.165) is 5.56 Å². The summed E-state index contributed by atoms with van der Waals surface area (Å²) in [7, 11) is 0. The van der Waals surface area contributed by atoms with Gasteiger partial charge in [0.15, 0.2) is 11.5 Å². The van der Waals surface area contributed by atoms with E-state index < -0.39 is 6.04 Å². The zero-order valence-electron chi connectivity index (χ0n) is 15.0. The van der Waals surface area contributed by atoms with Crippen LogP contribution < -0.4 is 20.1 Å². The van der Waals surface area contributed by atoms with Crippen LogP contribution in [0, 0.1) is 0 Å². The minimum Gasteiger partial charge on any atom is -0.486 e. The molecule has 1 heterocycles. The van der Waals surface area contributed by atoms with Crippen molar-refractivity contribution in [1.82, 2.24) is 10.6 Å². The average molecular weight is 389 g/mol. The Kier molecular flexibility index (Phi) is 6.19. The normalized spacial score (nSPS) is 13.6. The van der Waals surface area contributed by atoms with Crippen LogP contribution in [0.3, 0.4) is 0 Å². The number of nitrogens with one attached hydrogen (secondary N) is 2. The summed E-state index contributed by atoms with van der Waals surface area (Å²) in [6.07, 6.45) is 0.0899. The van der Waals surface area contributed by atoms with Crippen LogP contribution in [-0.2, 0) is 22.6 Å². The van der Waals surface area contributed by atoms with E-state index in [4.69, 9.17) is 21.1 Å². The predicted octanol–water partition coefficient (Wildman–Crippen LogP) is 2.47.